The summed E-state index contributed by atoms with van der Waals surface area (Å²) in [5, 5.41) is 13.4. The Morgan fingerprint density at radius 1 is 1.20 bits per heavy atom. The van der Waals surface area contributed by atoms with Crippen molar-refractivity contribution in [1.82, 2.24) is 29.7 Å². The molecule has 0 aromatic carbocycles. The zero-order valence-electron chi connectivity index (χ0n) is 14.9. The average molecular weight is 341 g/mol. The Hall–Kier alpha value is -2.48. The van der Waals surface area contributed by atoms with Crippen molar-refractivity contribution in [3.05, 3.63) is 35.8 Å². The summed E-state index contributed by atoms with van der Waals surface area (Å²) in [6, 6.07) is 3.94. The molecule has 0 saturated carbocycles. The SMILES string of the molecule is Cc1nc(CN2CCC(c3nnc4ccc(N(C)C)nn34)CC2)co1. The lowest BCUT2D eigenvalue weighted by Crippen LogP contribution is -2.33. The highest BCUT2D eigenvalue weighted by atomic mass is 16.3. The Balaban J connectivity index is 1.47. The summed E-state index contributed by atoms with van der Waals surface area (Å²) in [5.74, 6) is 2.99. The molecule has 8 heteroatoms. The molecule has 0 spiro atoms. The van der Waals surface area contributed by atoms with Gasteiger partial charge in [0.25, 0.3) is 0 Å². The van der Waals surface area contributed by atoms with Gasteiger partial charge in [0.15, 0.2) is 17.4 Å². The highest BCUT2D eigenvalue weighted by Crippen LogP contribution is 2.27. The van der Waals surface area contributed by atoms with Crippen molar-refractivity contribution in [1.29, 1.82) is 0 Å². The lowest BCUT2D eigenvalue weighted by Gasteiger charge is -2.30. The lowest BCUT2D eigenvalue weighted by atomic mass is 9.96. The number of hydrogen-bond acceptors (Lipinski definition) is 7. The molecular formula is C17H23N7O. The number of oxazole rings is 1. The number of aromatic nitrogens is 5. The maximum absolute atomic E-state index is 5.29. The predicted molar refractivity (Wildman–Crippen MR) is 93.6 cm³/mol. The quantitative estimate of drug-likeness (QED) is 0.717. The molecule has 0 bridgehead atoms. The molecule has 3 aromatic heterocycles. The number of aryl methyl sites for hydroxylation is 1. The van der Waals surface area contributed by atoms with E-state index in [0.717, 1.165) is 61.4 Å². The molecule has 1 saturated heterocycles. The Labute approximate surface area is 146 Å². The standard InChI is InChI=1S/C17H23N7O/c1-12-18-14(11-25-12)10-23-8-6-13(7-9-23)17-20-19-15-4-5-16(22(2)3)21-24(15)17/h4-5,11,13H,6-10H2,1-3H3. The molecule has 0 aliphatic carbocycles. The maximum atomic E-state index is 5.29. The van der Waals surface area contributed by atoms with Crippen LogP contribution in [0.25, 0.3) is 5.65 Å². The summed E-state index contributed by atoms with van der Waals surface area (Å²) in [6.45, 7) is 4.74. The van der Waals surface area contributed by atoms with Crippen molar-refractivity contribution < 1.29 is 4.42 Å². The molecule has 3 aromatic rings. The van der Waals surface area contributed by atoms with Crippen LogP contribution in [-0.2, 0) is 6.54 Å². The third kappa shape index (κ3) is 3.21. The van der Waals surface area contributed by atoms with Gasteiger partial charge in [-0.05, 0) is 38.1 Å². The molecule has 25 heavy (non-hydrogen) atoms. The Bertz CT molecular complexity index is 861. The topological polar surface area (TPSA) is 75.6 Å². The molecule has 1 fully saturated rings. The Morgan fingerprint density at radius 2 is 2.00 bits per heavy atom. The third-order valence-electron chi connectivity index (χ3n) is 4.74. The van der Waals surface area contributed by atoms with Crippen LogP contribution in [0.3, 0.4) is 0 Å². The molecule has 1 aliphatic heterocycles. The Morgan fingerprint density at radius 3 is 2.68 bits per heavy atom. The van der Waals surface area contributed by atoms with Crippen LogP contribution in [0.5, 0.6) is 0 Å². The number of nitrogens with zero attached hydrogens (tertiary/aromatic N) is 7. The first-order chi connectivity index (χ1) is 12.1. The normalized spacial score (nSPS) is 16.6. The first-order valence-corrected chi connectivity index (χ1v) is 8.63. The van der Waals surface area contributed by atoms with Crippen LogP contribution >= 0.6 is 0 Å². The Kier molecular flexibility index (Phi) is 4.12. The van der Waals surface area contributed by atoms with Gasteiger partial charge in [-0.2, -0.15) is 4.52 Å². The summed E-state index contributed by atoms with van der Waals surface area (Å²) in [5.41, 5.74) is 1.81. The van der Waals surface area contributed by atoms with Crippen molar-refractivity contribution in [2.75, 3.05) is 32.1 Å². The van der Waals surface area contributed by atoms with E-state index in [9.17, 15) is 0 Å². The number of fused-ring (bicyclic) bond motifs is 1. The first kappa shape index (κ1) is 16.0. The molecule has 8 nitrogen and oxygen atoms in total. The van der Waals surface area contributed by atoms with Gasteiger partial charge in [0, 0.05) is 33.5 Å². The number of hydrogen-bond donors (Lipinski definition) is 0. The van der Waals surface area contributed by atoms with Crippen LogP contribution in [0.2, 0.25) is 0 Å². The van der Waals surface area contributed by atoms with E-state index in [4.69, 9.17) is 4.42 Å². The smallest absolute Gasteiger partial charge is 0.191 e. The average Bonchev–Trinajstić information content (AvgIpc) is 3.21. The van der Waals surface area contributed by atoms with E-state index < -0.39 is 0 Å². The summed E-state index contributed by atoms with van der Waals surface area (Å²) in [6.07, 6.45) is 3.84. The number of piperidine rings is 1. The van der Waals surface area contributed by atoms with Crippen LogP contribution in [0.1, 0.15) is 36.2 Å². The monoisotopic (exact) mass is 341 g/mol. The van der Waals surface area contributed by atoms with Gasteiger partial charge in [-0.15, -0.1) is 15.3 Å². The largest absolute Gasteiger partial charge is 0.449 e. The van der Waals surface area contributed by atoms with Crippen LogP contribution in [0.4, 0.5) is 5.82 Å². The van der Waals surface area contributed by atoms with E-state index in [-0.39, 0.29) is 0 Å². The van der Waals surface area contributed by atoms with Gasteiger partial charge in [-0.3, -0.25) is 4.90 Å². The summed E-state index contributed by atoms with van der Waals surface area (Å²) in [7, 11) is 3.98. The number of likely N-dealkylation sites (tertiary alicyclic amines) is 1. The molecule has 0 N–H and O–H groups in total. The van der Waals surface area contributed by atoms with Gasteiger partial charge >= 0.3 is 0 Å². The highest BCUT2D eigenvalue weighted by Gasteiger charge is 2.25. The molecule has 0 atom stereocenters. The second-order valence-corrected chi connectivity index (χ2v) is 6.82. The number of rotatable bonds is 4. The van der Waals surface area contributed by atoms with Crippen LogP contribution in [0.15, 0.2) is 22.8 Å². The van der Waals surface area contributed by atoms with Crippen molar-refractivity contribution in [3.8, 4) is 0 Å². The number of anilines is 1. The fourth-order valence-electron chi connectivity index (χ4n) is 3.35. The zero-order valence-corrected chi connectivity index (χ0v) is 14.9. The lowest BCUT2D eigenvalue weighted by molar-refractivity contribution is 0.198. The van der Waals surface area contributed by atoms with Gasteiger partial charge in [-0.25, -0.2) is 4.98 Å². The minimum Gasteiger partial charge on any atom is -0.449 e. The molecular weight excluding hydrogens is 318 g/mol. The van der Waals surface area contributed by atoms with Crippen LogP contribution < -0.4 is 4.90 Å². The van der Waals surface area contributed by atoms with E-state index in [0.29, 0.717) is 5.92 Å². The van der Waals surface area contributed by atoms with Gasteiger partial charge in [-0.1, -0.05) is 0 Å². The van der Waals surface area contributed by atoms with E-state index in [1.54, 1.807) is 6.26 Å². The minimum absolute atomic E-state index is 0.384. The fourth-order valence-corrected chi connectivity index (χ4v) is 3.35. The molecule has 0 amide bonds. The second-order valence-electron chi connectivity index (χ2n) is 6.82. The summed E-state index contributed by atoms with van der Waals surface area (Å²) in [4.78, 5) is 8.80. The maximum Gasteiger partial charge on any atom is 0.191 e. The first-order valence-electron chi connectivity index (χ1n) is 8.63. The predicted octanol–water partition coefficient (Wildman–Crippen LogP) is 1.87. The van der Waals surface area contributed by atoms with Gasteiger partial charge in [0.1, 0.15) is 12.1 Å². The molecule has 4 rings (SSSR count). The van der Waals surface area contributed by atoms with E-state index in [2.05, 4.69) is 25.2 Å². The molecule has 132 valence electrons. The highest BCUT2D eigenvalue weighted by molar-refractivity contribution is 5.45. The van der Waals surface area contributed by atoms with E-state index >= 15 is 0 Å². The van der Waals surface area contributed by atoms with Crippen molar-refractivity contribution in [3.63, 3.8) is 0 Å². The van der Waals surface area contributed by atoms with Crippen LogP contribution in [-0.4, -0.2) is 56.9 Å². The molecule has 0 radical (unpaired) electrons. The summed E-state index contributed by atoms with van der Waals surface area (Å²) < 4.78 is 7.19. The van der Waals surface area contributed by atoms with Crippen molar-refractivity contribution in [2.45, 2.75) is 32.2 Å². The van der Waals surface area contributed by atoms with E-state index in [1.807, 2.05) is 42.6 Å². The van der Waals surface area contributed by atoms with E-state index in [1.165, 1.54) is 0 Å². The summed E-state index contributed by atoms with van der Waals surface area (Å²) >= 11 is 0. The molecule has 4 heterocycles. The minimum atomic E-state index is 0.384. The van der Waals surface area contributed by atoms with Crippen LogP contribution in [0, 0.1) is 6.92 Å². The second kappa shape index (κ2) is 6.44. The van der Waals surface area contributed by atoms with Crippen molar-refractivity contribution >= 4 is 11.5 Å². The molecule has 1 aliphatic rings. The molecule has 0 unspecified atom stereocenters. The fraction of sp³-hybridized carbons (Fsp3) is 0.529. The van der Waals surface area contributed by atoms with Gasteiger partial charge in [0.05, 0.1) is 5.69 Å². The van der Waals surface area contributed by atoms with Crippen molar-refractivity contribution in [2.24, 2.45) is 0 Å². The van der Waals surface area contributed by atoms with Gasteiger partial charge < -0.3 is 9.32 Å². The van der Waals surface area contributed by atoms with Gasteiger partial charge in [0.2, 0.25) is 0 Å². The zero-order chi connectivity index (χ0) is 17.4. The third-order valence-corrected chi connectivity index (χ3v) is 4.74.